The summed E-state index contributed by atoms with van der Waals surface area (Å²) in [7, 11) is 0. The van der Waals surface area contributed by atoms with Crippen LogP contribution >= 0.6 is 23.4 Å². The quantitative estimate of drug-likeness (QED) is 0.905. The van der Waals surface area contributed by atoms with Gasteiger partial charge in [0.05, 0.1) is 10.6 Å². The molecule has 1 aromatic heterocycles. The van der Waals surface area contributed by atoms with Crippen molar-refractivity contribution in [2.75, 3.05) is 17.2 Å². The molecule has 18 heavy (non-hydrogen) atoms. The van der Waals surface area contributed by atoms with Crippen LogP contribution in [0.2, 0.25) is 5.02 Å². The van der Waals surface area contributed by atoms with Gasteiger partial charge in [-0.25, -0.2) is 4.98 Å². The number of carbonyl (C=O) groups is 1. The Kier molecular flexibility index (Phi) is 4.02. The molecule has 0 radical (unpaired) electrons. The molecule has 4 nitrogen and oxygen atoms in total. The molecule has 2 unspecified atom stereocenters. The van der Waals surface area contributed by atoms with Gasteiger partial charge in [-0.2, -0.15) is 11.8 Å². The number of carbonyl (C=O) groups excluding carboxylic acids is 1. The molecule has 0 spiro atoms. The van der Waals surface area contributed by atoms with E-state index in [1.54, 1.807) is 6.07 Å². The molecule has 2 atom stereocenters. The molecule has 1 amide bonds. The molecule has 1 aliphatic heterocycles. The Morgan fingerprint density at radius 1 is 1.61 bits per heavy atom. The minimum Gasteiger partial charge on any atom is -0.366 e. The van der Waals surface area contributed by atoms with Crippen LogP contribution in [0.4, 0.5) is 5.82 Å². The van der Waals surface area contributed by atoms with Crippen molar-refractivity contribution in [1.82, 2.24) is 4.98 Å². The Balaban J connectivity index is 2.30. The van der Waals surface area contributed by atoms with Crippen molar-refractivity contribution >= 4 is 35.1 Å². The van der Waals surface area contributed by atoms with E-state index in [1.807, 2.05) is 11.8 Å². The fraction of sp³-hybridized carbons (Fsp3) is 0.500. The Bertz CT molecular complexity index is 469. The van der Waals surface area contributed by atoms with Gasteiger partial charge in [-0.1, -0.05) is 18.5 Å². The van der Waals surface area contributed by atoms with Crippen LogP contribution < -0.4 is 10.6 Å². The van der Waals surface area contributed by atoms with E-state index in [2.05, 4.69) is 23.7 Å². The van der Waals surface area contributed by atoms with Crippen molar-refractivity contribution in [3.05, 3.63) is 22.8 Å². The summed E-state index contributed by atoms with van der Waals surface area (Å²) in [4.78, 5) is 17.5. The van der Waals surface area contributed by atoms with Crippen LogP contribution in [-0.4, -0.2) is 34.5 Å². The lowest BCUT2D eigenvalue weighted by Crippen LogP contribution is -2.45. The third-order valence-electron chi connectivity index (χ3n) is 3.26. The standard InChI is InChI=1S/C12H16ClN3OS/c1-7-8(2)18-4-3-16(7)12-10(13)5-9(6-15-12)11(14)17/h5-8H,3-4H2,1-2H3,(H2,14,17). The molecule has 2 N–H and O–H groups in total. The number of anilines is 1. The first-order valence-electron chi connectivity index (χ1n) is 5.84. The van der Waals surface area contributed by atoms with Crippen molar-refractivity contribution < 1.29 is 4.79 Å². The lowest BCUT2D eigenvalue weighted by molar-refractivity contribution is 0.1000. The van der Waals surface area contributed by atoms with E-state index < -0.39 is 5.91 Å². The third-order valence-corrected chi connectivity index (χ3v) is 4.88. The second kappa shape index (κ2) is 5.36. The lowest BCUT2D eigenvalue weighted by Gasteiger charge is -2.38. The first-order chi connectivity index (χ1) is 8.50. The van der Waals surface area contributed by atoms with Crippen LogP contribution in [0.3, 0.4) is 0 Å². The molecule has 2 rings (SSSR count). The van der Waals surface area contributed by atoms with Gasteiger partial charge in [0, 0.05) is 29.8 Å². The molecule has 1 aliphatic rings. The minimum absolute atomic E-state index is 0.343. The van der Waals surface area contributed by atoms with Gasteiger partial charge < -0.3 is 10.6 Å². The first kappa shape index (κ1) is 13.5. The second-order valence-corrected chi connectivity index (χ2v) is 6.30. The summed E-state index contributed by atoms with van der Waals surface area (Å²) in [6.45, 7) is 5.28. The topological polar surface area (TPSA) is 59.2 Å². The van der Waals surface area contributed by atoms with Crippen LogP contribution in [0.15, 0.2) is 12.3 Å². The number of hydrogen-bond acceptors (Lipinski definition) is 4. The summed E-state index contributed by atoms with van der Waals surface area (Å²) in [5.41, 5.74) is 5.55. The number of aromatic nitrogens is 1. The number of hydrogen-bond donors (Lipinski definition) is 1. The Labute approximate surface area is 116 Å². The van der Waals surface area contributed by atoms with Gasteiger partial charge in [0.1, 0.15) is 5.82 Å². The number of rotatable bonds is 2. The number of nitrogens with two attached hydrogens (primary N) is 1. The molecular weight excluding hydrogens is 270 g/mol. The number of halogens is 1. The van der Waals surface area contributed by atoms with E-state index in [-0.39, 0.29) is 0 Å². The summed E-state index contributed by atoms with van der Waals surface area (Å²) >= 11 is 8.15. The number of amides is 1. The van der Waals surface area contributed by atoms with E-state index in [1.165, 1.54) is 6.20 Å². The van der Waals surface area contributed by atoms with Gasteiger partial charge in [0.2, 0.25) is 5.91 Å². The Morgan fingerprint density at radius 3 is 2.94 bits per heavy atom. The number of thioether (sulfide) groups is 1. The van der Waals surface area contributed by atoms with Crippen molar-refractivity contribution in [3.8, 4) is 0 Å². The Morgan fingerprint density at radius 2 is 2.33 bits per heavy atom. The second-order valence-electron chi connectivity index (χ2n) is 4.40. The fourth-order valence-corrected chi connectivity index (χ4v) is 3.38. The summed E-state index contributed by atoms with van der Waals surface area (Å²) in [6, 6.07) is 1.96. The highest BCUT2D eigenvalue weighted by molar-refractivity contribution is 8.00. The molecule has 2 heterocycles. The summed E-state index contributed by atoms with van der Waals surface area (Å²) in [6.07, 6.45) is 1.49. The average molecular weight is 286 g/mol. The van der Waals surface area contributed by atoms with Gasteiger partial charge in [0.25, 0.3) is 0 Å². The molecule has 0 aromatic carbocycles. The lowest BCUT2D eigenvalue weighted by atomic mass is 10.2. The molecular formula is C12H16ClN3OS. The molecule has 6 heteroatoms. The van der Waals surface area contributed by atoms with Crippen LogP contribution in [0, 0.1) is 0 Å². The maximum atomic E-state index is 11.1. The first-order valence-corrected chi connectivity index (χ1v) is 7.27. The summed E-state index contributed by atoms with van der Waals surface area (Å²) in [5.74, 6) is 1.29. The van der Waals surface area contributed by atoms with Gasteiger partial charge in [0.15, 0.2) is 0 Å². The molecule has 1 aromatic rings. The van der Waals surface area contributed by atoms with Gasteiger partial charge in [-0.3, -0.25) is 4.79 Å². The predicted octanol–water partition coefficient (Wildman–Crippen LogP) is 2.16. The number of primary amides is 1. The highest BCUT2D eigenvalue weighted by atomic mass is 35.5. The maximum Gasteiger partial charge on any atom is 0.250 e. The SMILES string of the molecule is CC1SCCN(c2ncc(C(N)=O)cc2Cl)C1C. The fourth-order valence-electron chi connectivity index (χ4n) is 2.01. The largest absolute Gasteiger partial charge is 0.366 e. The van der Waals surface area contributed by atoms with Gasteiger partial charge >= 0.3 is 0 Å². The zero-order valence-corrected chi connectivity index (χ0v) is 12.0. The van der Waals surface area contributed by atoms with Gasteiger partial charge in [-0.05, 0) is 13.0 Å². The predicted molar refractivity (Wildman–Crippen MR) is 76.5 cm³/mol. The number of pyridine rings is 1. The third kappa shape index (κ3) is 2.57. The molecule has 1 saturated heterocycles. The van der Waals surface area contributed by atoms with Crippen LogP contribution in [0.1, 0.15) is 24.2 Å². The zero-order valence-electron chi connectivity index (χ0n) is 10.4. The van der Waals surface area contributed by atoms with E-state index in [0.29, 0.717) is 21.9 Å². The Hall–Kier alpha value is -0.940. The van der Waals surface area contributed by atoms with Crippen molar-refractivity contribution in [1.29, 1.82) is 0 Å². The summed E-state index contributed by atoms with van der Waals surface area (Å²) in [5, 5.41) is 1.02. The van der Waals surface area contributed by atoms with Crippen LogP contribution in [0.5, 0.6) is 0 Å². The number of nitrogens with zero attached hydrogens (tertiary/aromatic N) is 2. The van der Waals surface area contributed by atoms with Crippen LogP contribution in [-0.2, 0) is 0 Å². The molecule has 0 aliphatic carbocycles. The van der Waals surface area contributed by atoms with Crippen molar-refractivity contribution in [3.63, 3.8) is 0 Å². The maximum absolute atomic E-state index is 11.1. The monoisotopic (exact) mass is 285 g/mol. The van der Waals surface area contributed by atoms with E-state index in [4.69, 9.17) is 17.3 Å². The minimum atomic E-state index is -0.508. The molecule has 0 saturated carbocycles. The smallest absolute Gasteiger partial charge is 0.250 e. The van der Waals surface area contributed by atoms with Gasteiger partial charge in [-0.15, -0.1) is 0 Å². The average Bonchev–Trinajstić information content (AvgIpc) is 2.33. The highest BCUT2D eigenvalue weighted by Crippen LogP contribution is 2.32. The zero-order chi connectivity index (χ0) is 13.3. The highest BCUT2D eigenvalue weighted by Gasteiger charge is 2.27. The molecule has 0 bridgehead atoms. The summed E-state index contributed by atoms with van der Waals surface area (Å²) < 4.78 is 0. The normalized spacial score (nSPS) is 24.1. The van der Waals surface area contributed by atoms with Crippen molar-refractivity contribution in [2.24, 2.45) is 5.73 Å². The van der Waals surface area contributed by atoms with E-state index >= 15 is 0 Å². The van der Waals surface area contributed by atoms with E-state index in [0.717, 1.165) is 18.1 Å². The molecule has 98 valence electrons. The van der Waals surface area contributed by atoms with E-state index in [9.17, 15) is 4.79 Å². The van der Waals surface area contributed by atoms with Crippen LogP contribution in [0.25, 0.3) is 0 Å². The molecule has 1 fully saturated rings. The van der Waals surface area contributed by atoms with Crippen molar-refractivity contribution in [2.45, 2.75) is 25.1 Å².